The number of ether oxygens (including phenoxy) is 2. The van der Waals surface area contributed by atoms with Crippen LogP contribution in [0.15, 0.2) is 48.1 Å². The molecule has 0 bridgehead atoms. The molecule has 0 spiro atoms. The molecule has 0 aliphatic heterocycles. The van der Waals surface area contributed by atoms with E-state index in [-0.39, 0.29) is 11.0 Å². The first-order valence-corrected chi connectivity index (χ1v) is 6.95. The number of methoxy groups -OCH3 is 2. The summed E-state index contributed by atoms with van der Waals surface area (Å²) in [6.07, 6.45) is 3.21. The van der Waals surface area contributed by atoms with Gasteiger partial charge in [0.05, 0.1) is 14.2 Å². The maximum Gasteiger partial charge on any atom is 0.345 e. The summed E-state index contributed by atoms with van der Waals surface area (Å²) in [4.78, 5) is 23.4. The number of hydrogen-bond donors (Lipinski definition) is 0. The Balaban J connectivity index is 3.35. The van der Waals surface area contributed by atoms with Gasteiger partial charge in [0.1, 0.15) is 5.57 Å². The van der Waals surface area contributed by atoms with E-state index in [1.807, 2.05) is 30.3 Å². The van der Waals surface area contributed by atoms with Crippen LogP contribution in [-0.4, -0.2) is 26.2 Å². The second-order valence-corrected chi connectivity index (χ2v) is 5.76. The fourth-order valence-electron chi connectivity index (χ4n) is 2.00. The van der Waals surface area contributed by atoms with Crippen molar-refractivity contribution in [3.8, 4) is 0 Å². The van der Waals surface area contributed by atoms with Gasteiger partial charge in [-0.15, -0.1) is 0 Å². The predicted octanol–water partition coefficient (Wildman–Crippen LogP) is 3.39. The molecule has 0 radical (unpaired) electrons. The van der Waals surface area contributed by atoms with Gasteiger partial charge >= 0.3 is 11.9 Å². The minimum atomic E-state index is -0.718. The van der Waals surface area contributed by atoms with Crippen molar-refractivity contribution in [1.82, 2.24) is 0 Å². The summed E-state index contributed by atoms with van der Waals surface area (Å²) in [5.74, 6) is -1.44. The minimum absolute atomic E-state index is 0.136. The lowest BCUT2D eigenvalue weighted by atomic mass is 9.81. The molecule has 0 amide bonds. The van der Waals surface area contributed by atoms with Gasteiger partial charge < -0.3 is 9.47 Å². The van der Waals surface area contributed by atoms with Crippen molar-refractivity contribution < 1.29 is 19.1 Å². The zero-order chi connectivity index (χ0) is 16.8. The third-order valence-electron chi connectivity index (χ3n) is 3.12. The maximum atomic E-state index is 11.7. The average Bonchev–Trinajstić information content (AvgIpc) is 2.49. The molecule has 0 unspecified atom stereocenters. The Hall–Kier alpha value is -2.36. The van der Waals surface area contributed by atoms with E-state index >= 15 is 0 Å². The van der Waals surface area contributed by atoms with Crippen molar-refractivity contribution in [3.63, 3.8) is 0 Å². The average molecular weight is 302 g/mol. The molecule has 0 aliphatic carbocycles. The molecular formula is C18H22O4. The number of carbonyl (C=O) groups is 2. The number of esters is 2. The molecule has 118 valence electrons. The van der Waals surface area contributed by atoms with Gasteiger partial charge in [-0.1, -0.05) is 57.2 Å². The molecule has 0 atom stereocenters. The minimum Gasteiger partial charge on any atom is -0.465 e. The first kappa shape index (κ1) is 17.7. The van der Waals surface area contributed by atoms with Crippen LogP contribution in [0.3, 0.4) is 0 Å². The smallest absolute Gasteiger partial charge is 0.345 e. The third-order valence-corrected chi connectivity index (χ3v) is 3.12. The van der Waals surface area contributed by atoms with Crippen LogP contribution in [0.5, 0.6) is 0 Å². The van der Waals surface area contributed by atoms with Gasteiger partial charge in [0.25, 0.3) is 0 Å². The Bertz CT molecular complexity index is 571. The Labute approximate surface area is 131 Å². The number of allylic oxidation sites excluding steroid dienone is 3. The normalized spacial score (nSPS) is 11.6. The Morgan fingerprint density at radius 3 is 1.82 bits per heavy atom. The molecular weight excluding hydrogens is 280 g/mol. The van der Waals surface area contributed by atoms with Crippen LogP contribution in [-0.2, 0) is 19.1 Å². The summed E-state index contributed by atoms with van der Waals surface area (Å²) in [5.41, 5.74) is 1.73. The van der Waals surface area contributed by atoms with Crippen LogP contribution >= 0.6 is 0 Å². The zero-order valence-electron chi connectivity index (χ0n) is 13.7. The molecule has 4 heteroatoms. The van der Waals surface area contributed by atoms with Crippen LogP contribution < -0.4 is 0 Å². The summed E-state index contributed by atoms with van der Waals surface area (Å²) in [6, 6.07) is 9.80. The van der Waals surface area contributed by atoms with E-state index in [9.17, 15) is 9.59 Å². The van der Waals surface area contributed by atoms with Crippen molar-refractivity contribution in [2.45, 2.75) is 20.8 Å². The maximum absolute atomic E-state index is 11.7. The molecule has 4 nitrogen and oxygen atoms in total. The van der Waals surface area contributed by atoms with E-state index in [2.05, 4.69) is 30.2 Å². The molecule has 22 heavy (non-hydrogen) atoms. The van der Waals surface area contributed by atoms with Crippen LogP contribution in [0.2, 0.25) is 0 Å². The highest BCUT2D eigenvalue weighted by Gasteiger charge is 2.21. The van der Waals surface area contributed by atoms with Gasteiger partial charge in [-0.3, -0.25) is 0 Å². The predicted molar refractivity (Wildman–Crippen MR) is 86.0 cm³/mol. The molecule has 0 N–H and O–H groups in total. The highest BCUT2D eigenvalue weighted by molar-refractivity contribution is 6.14. The van der Waals surface area contributed by atoms with Crippen LogP contribution in [0.4, 0.5) is 0 Å². The lowest BCUT2D eigenvalue weighted by molar-refractivity contribution is -0.144. The summed E-state index contributed by atoms with van der Waals surface area (Å²) >= 11 is 0. The molecule has 1 rings (SSSR count). The Morgan fingerprint density at radius 2 is 1.41 bits per heavy atom. The van der Waals surface area contributed by atoms with Crippen LogP contribution in [0.25, 0.3) is 5.57 Å². The quantitative estimate of drug-likeness (QED) is 0.281. The van der Waals surface area contributed by atoms with Crippen molar-refractivity contribution in [2.75, 3.05) is 14.2 Å². The van der Waals surface area contributed by atoms with Gasteiger partial charge in [0.15, 0.2) is 0 Å². The number of carbonyl (C=O) groups excluding carboxylic acids is 2. The highest BCUT2D eigenvalue weighted by atomic mass is 16.5. The van der Waals surface area contributed by atoms with E-state index in [1.165, 1.54) is 20.3 Å². The van der Waals surface area contributed by atoms with Crippen LogP contribution in [0, 0.1) is 5.41 Å². The Kier molecular flexibility index (Phi) is 6.11. The van der Waals surface area contributed by atoms with Crippen molar-refractivity contribution in [1.29, 1.82) is 0 Å². The molecule has 0 aromatic heterocycles. The molecule has 0 heterocycles. The van der Waals surface area contributed by atoms with E-state index in [4.69, 9.17) is 0 Å². The standard InChI is InChI=1S/C18H22O4/c1-18(2,3)15(13-9-7-6-8-10-13)12-11-14(16(19)21-4)17(20)22-5/h6-12H,1-5H3/b15-12-. The lowest BCUT2D eigenvalue weighted by Crippen LogP contribution is -2.16. The molecule has 0 fully saturated rings. The molecule has 0 saturated carbocycles. The fourth-order valence-corrected chi connectivity index (χ4v) is 2.00. The SMILES string of the molecule is COC(=O)C(=C/C=C(/c1ccccc1)C(C)(C)C)C(=O)OC. The van der Waals surface area contributed by atoms with Gasteiger partial charge in [0, 0.05) is 0 Å². The highest BCUT2D eigenvalue weighted by Crippen LogP contribution is 2.34. The summed E-state index contributed by atoms with van der Waals surface area (Å²) in [7, 11) is 2.45. The molecule has 1 aromatic carbocycles. The second-order valence-electron chi connectivity index (χ2n) is 5.76. The van der Waals surface area contributed by atoms with E-state index in [1.54, 1.807) is 6.08 Å². The van der Waals surface area contributed by atoms with Gasteiger partial charge in [-0.25, -0.2) is 9.59 Å². The Morgan fingerprint density at radius 1 is 0.909 bits per heavy atom. The van der Waals surface area contributed by atoms with Crippen LogP contribution in [0.1, 0.15) is 26.3 Å². The zero-order valence-corrected chi connectivity index (χ0v) is 13.7. The summed E-state index contributed by atoms with van der Waals surface area (Å²) in [6.45, 7) is 6.20. The topological polar surface area (TPSA) is 52.6 Å². The second kappa shape index (κ2) is 7.59. The van der Waals surface area contributed by atoms with Gasteiger partial charge in [-0.2, -0.15) is 0 Å². The summed E-state index contributed by atoms with van der Waals surface area (Å²) in [5, 5.41) is 0. The van der Waals surface area contributed by atoms with Crippen molar-refractivity contribution in [2.24, 2.45) is 5.41 Å². The van der Waals surface area contributed by atoms with Gasteiger partial charge in [-0.05, 0) is 22.6 Å². The monoisotopic (exact) mass is 302 g/mol. The fraction of sp³-hybridized carbons (Fsp3) is 0.333. The molecule has 1 aromatic rings. The number of hydrogen-bond acceptors (Lipinski definition) is 4. The van der Waals surface area contributed by atoms with E-state index in [0.29, 0.717) is 0 Å². The van der Waals surface area contributed by atoms with E-state index < -0.39 is 11.9 Å². The lowest BCUT2D eigenvalue weighted by Gasteiger charge is -2.23. The largest absolute Gasteiger partial charge is 0.465 e. The van der Waals surface area contributed by atoms with E-state index in [0.717, 1.165) is 11.1 Å². The van der Waals surface area contributed by atoms with Crippen molar-refractivity contribution >= 4 is 17.5 Å². The first-order valence-electron chi connectivity index (χ1n) is 6.95. The number of rotatable bonds is 4. The summed E-state index contributed by atoms with van der Waals surface area (Å²) < 4.78 is 9.24. The van der Waals surface area contributed by atoms with Gasteiger partial charge in [0.2, 0.25) is 0 Å². The third kappa shape index (κ3) is 4.58. The number of benzene rings is 1. The first-order chi connectivity index (χ1) is 10.3. The molecule has 0 saturated heterocycles. The molecule has 0 aliphatic rings. The van der Waals surface area contributed by atoms with Crippen molar-refractivity contribution in [3.05, 3.63) is 53.6 Å².